The molecule has 3 rings (SSSR count). The summed E-state index contributed by atoms with van der Waals surface area (Å²) in [5, 5.41) is 11.0. The molecule has 9 heteroatoms. The zero-order chi connectivity index (χ0) is 20.4. The lowest BCUT2D eigenvalue weighted by atomic mass is 10.1. The molecule has 0 saturated carbocycles. The van der Waals surface area contributed by atoms with Crippen LogP contribution < -0.4 is 4.80 Å². The average Bonchev–Trinajstić information content (AvgIpc) is 2.97. The number of ether oxygens (including phenoxy) is 1. The lowest BCUT2D eigenvalue weighted by Gasteiger charge is -2.04. The van der Waals surface area contributed by atoms with Gasteiger partial charge in [-0.25, -0.2) is 0 Å². The van der Waals surface area contributed by atoms with E-state index in [9.17, 15) is 19.7 Å². The molecule has 0 aliphatic heterocycles. The number of hydrogen-bond donors (Lipinski definition) is 0. The number of hydrogen-bond acceptors (Lipinski definition) is 6. The van der Waals surface area contributed by atoms with Gasteiger partial charge in [0.05, 0.1) is 22.2 Å². The van der Waals surface area contributed by atoms with Crippen molar-refractivity contribution in [1.82, 2.24) is 4.57 Å². The van der Waals surface area contributed by atoms with Crippen molar-refractivity contribution in [3.05, 3.63) is 68.0 Å². The van der Waals surface area contributed by atoms with Crippen LogP contribution >= 0.6 is 11.3 Å². The van der Waals surface area contributed by atoms with Crippen LogP contribution in [0.2, 0.25) is 0 Å². The Bertz CT molecular complexity index is 1160. The molecule has 0 bridgehead atoms. The molecule has 0 fully saturated rings. The third-order valence-corrected chi connectivity index (χ3v) is 5.10. The summed E-state index contributed by atoms with van der Waals surface area (Å²) in [5.74, 6) is -0.968. The van der Waals surface area contributed by atoms with Crippen LogP contribution in [0.5, 0.6) is 0 Å². The van der Waals surface area contributed by atoms with Crippen LogP contribution in [0.4, 0.5) is 5.69 Å². The van der Waals surface area contributed by atoms with E-state index in [1.807, 2.05) is 19.9 Å². The van der Waals surface area contributed by atoms with Crippen LogP contribution in [0.25, 0.3) is 10.2 Å². The maximum absolute atomic E-state index is 12.7. The number of nitro benzene ring substituents is 1. The topological polar surface area (TPSA) is 104 Å². The van der Waals surface area contributed by atoms with Crippen LogP contribution in [-0.2, 0) is 16.1 Å². The number of benzene rings is 2. The Hall–Kier alpha value is -3.33. The second-order valence-corrected chi connectivity index (χ2v) is 7.26. The number of nitrogens with zero attached hydrogens (tertiary/aromatic N) is 3. The molecule has 1 heterocycles. The summed E-state index contributed by atoms with van der Waals surface area (Å²) in [7, 11) is 1.26. The monoisotopic (exact) mass is 399 g/mol. The minimum absolute atomic E-state index is 0.0776. The number of thiazole rings is 1. The Morgan fingerprint density at radius 1 is 1.18 bits per heavy atom. The number of esters is 1. The number of amides is 1. The molecule has 0 atom stereocenters. The number of nitro groups is 1. The molecule has 0 saturated heterocycles. The van der Waals surface area contributed by atoms with Gasteiger partial charge in [0.2, 0.25) is 0 Å². The number of methoxy groups -OCH3 is 1. The maximum atomic E-state index is 12.7. The third-order valence-electron chi connectivity index (χ3n) is 4.06. The Morgan fingerprint density at radius 2 is 1.86 bits per heavy atom. The summed E-state index contributed by atoms with van der Waals surface area (Å²) in [6.07, 6.45) is 0. The van der Waals surface area contributed by atoms with Crippen LogP contribution in [0, 0.1) is 24.0 Å². The second kappa shape index (κ2) is 7.73. The lowest BCUT2D eigenvalue weighted by molar-refractivity contribution is -0.384. The largest absolute Gasteiger partial charge is 0.468 e. The van der Waals surface area contributed by atoms with Crippen LogP contribution in [0.15, 0.2) is 41.4 Å². The molecule has 0 unspecified atom stereocenters. The molecule has 1 amide bonds. The van der Waals surface area contributed by atoms with E-state index in [4.69, 9.17) is 4.74 Å². The summed E-state index contributed by atoms with van der Waals surface area (Å²) < 4.78 is 6.79. The fourth-order valence-electron chi connectivity index (χ4n) is 2.86. The van der Waals surface area contributed by atoms with Crippen molar-refractivity contribution in [2.75, 3.05) is 7.11 Å². The molecule has 1 aromatic heterocycles. The fourth-order valence-corrected chi connectivity index (χ4v) is 3.92. The standard InChI is InChI=1S/C19H17N3O5S/c1-11-6-12(2)8-13(7-11)18(24)20-19-21(10-17(23)27-3)15-5-4-14(22(25)26)9-16(15)28-19/h4-9H,10H2,1-3H3. The van der Waals surface area contributed by atoms with Gasteiger partial charge in [0.25, 0.3) is 11.6 Å². The van der Waals surface area contributed by atoms with Gasteiger partial charge in [-0.15, -0.1) is 0 Å². The quantitative estimate of drug-likeness (QED) is 0.381. The van der Waals surface area contributed by atoms with Crippen molar-refractivity contribution in [2.45, 2.75) is 20.4 Å². The number of rotatable bonds is 4. The van der Waals surface area contributed by atoms with Gasteiger partial charge >= 0.3 is 5.97 Å². The van der Waals surface area contributed by atoms with Gasteiger partial charge in [-0.3, -0.25) is 19.7 Å². The van der Waals surface area contributed by atoms with Crippen molar-refractivity contribution in [3.63, 3.8) is 0 Å². The molecule has 0 radical (unpaired) electrons. The van der Waals surface area contributed by atoms with E-state index in [0.717, 1.165) is 22.5 Å². The van der Waals surface area contributed by atoms with Crippen molar-refractivity contribution >= 4 is 39.1 Å². The predicted molar refractivity (Wildman–Crippen MR) is 104 cm³/mol. The van der Waals surface area contributed by atoms with Crippen molar-refractivity contribution < 1.29 is 19.2 Å². The molecule has 2 aromatic carbocycles. The predicted octanol–water partition coefficient (Wildman–Crippen LogP) is 3.14. The highest BCUT2D eigenvalue weighted by Crippen LogP contribution is 2.23. The molecular formula is C19H17N3O5S. The summed E-state index contributed by atoms with van der Waals surface area (Å²) in [5.41, 5.74) is 2.80. The van der Waals surface area contributed by atoms with Crippen molar-refractivity contribution in [3.8, 4) is 0 Å². The van der Waals surface area contributed by atoms with E-state index in [2.05, 4.69) is 4.99 Å². The molecule has 144 valence electrons. The fraction of sp³-hybridized carbons (Fsp3) is 0.211. The number of carbonyl (C=O) groups excluding carboxylic acids is 2. The van der Waals surface area contributed by atoms with Crippen LogP contribution in [-0.4, -0.2) is 28.5 Å². The van der Waals surface area contributed by atoms with Gasteiger partial charge in [-0.1, -0.05) is 28.5 Å². The average molecular weight is 399 g/mol. The maximum Gasteiger partial charge on any atom is 0.325 e. The molecule has 28 heavy (non-hydrogen) atoms. The Kier molecular flexibility index (Phi) is 5.36. The highest BCUT2D eigenvalue weighted by Gasteiger charge is 2.15. The zero-order valence-corrected chi connectivity index (χ0v) is 16.3. The summed E-state index contributed by atoms with van der Waals surface area (Å²) in [4.78, 5) is 39.5. The molecule has 0 aliphatic rings. The van der Waals surface area contributed by atoms with Gasteiger partial charge < -0.3 is 9.30 Å². The number of carbonyl (C=O) groups is 2. The minimum Gasteiger partial charge on any atom is -0.468 e. The van der Waals surface area contributed by atoms with E-state index in [0.29, 0.717) is 15.8 Å². The van der Waals surface area contributed by atoms with Gasteiger partial charge in [0.1, 0.15) is 6.54 Å². The molecule has 3 aromatic rings. The van der Waals surface area contributed by atoms with E-state index < -0.39 is 16.8 Å². The first-order valence-corrected chi connectivity index (χ1v) is 9.12. The summed E-state index contributed by atoms with van der Waals surface area (Å²) >= 11 is 1.10. The second-order valence-electron chi connectivity index (χ2n) is 6.25. The first-order chi connectivity index (χ1) is 13.3. The van der Waals surface area contributed by atoms with E-state index in [-0.39, 0.29) is 17.0 Å². The van der Waals surface area contributed by atoms with Crippen LogP contribution in [0.1, 0.15) is 21.5 Å². The molecule has 0 spiro atoms. The Morgan fingerprint density at radius 3 is 2.46 bits per heavy atom. The number of fused-ring (bicyclic) bond motifs is 1. The Labute approximate surface area is 163 Å². The number of aryl methyl sites for hydroxylation is 2. The highest BCUT2D eigenvalue weighted by molar-refractivity contribution is 7.16. The third kappa shape index (κ3) is 3.99. The highest BCUT2D eigenvalue weighted by atomic mass is 32.1. The van der Waals surface area contributed by atoms with Gasteiger partial charge in [0.15, 0.2) is 4.80 Å². The first kappa shape index (κ1) is 19.4. The smallest absolute Gasteiger partial charge is 0.325 e. The van der Waals surface area contributed by atoms with Crippen molar-refractivity contribution in [2.24, 2.45) is 4.99 Å². The number of non-ortho nitro benzene ring substituents is 1. The van der Waals surface area contributed by atoms with E-state index >= 15 is 0 Å². The molecule has 0 N–H and O–H groups in total. The molecule has 0 aliphatic carbocycles. The normalized spacial score (nSPS) is 11.6. The number of aromatic nitrogens is 1. The van der Waals surface area contributed by atoms with E-state index in [1.165, 1.54) is 29.9 Å². The van der Waals surface area contributed by atoms with Crippen molar-refractivity contribution in [1.29, 1.82) is 0 Å². The zero-order valence-electron chi connectivity index (χ0n) is 15.5. The summed E-state index contributed by atoms with van der Waals surface area (Å²) in [6, 6.07) is 9.70. The van der Waals surface area contributed by atoms with E-state index in [1.54, 1.807) is 12.1 Å². The Balaban J connectivity index is 2.18. The lowest BCUT2D eigenvalue weighted by Crippen LogP contribution is -2.22. The first-order valence-electron chi connectivity index (χ1n) is 8.30. The molecule has 8 nitrogen and oxygen atoms in total. The SMILES string of the molecule is COC(=O)Cn1c(=NC(=O)c2cc(C)cc(C)c2)sc2cc([N+](=O)[O-])ccc21. The summed E-state index contributed by atoms with van der Waals surface area (Å²) in [6.45, 7) is 3.62. The van der Waals surface area contributed by atoms with Gasteiger partial charge in [0, 0.05) is 17.7 Å². The van der Waals surface area contributed by atoms with Crippen LogP contribution in [0.3, 0.4) is 0 Å². The van der Waals surface area contributed by atoms with Gasteiger partial charge in [-0.2, -0.15) is 4.99 Å². The molecular weight excluding hydrogens is 382 g/mol. The minimum atomic E-state index is -0.515. The van der Waals surface area contributed by atoms with Gasteiger partial charge in [-0.05, 0) is 32.0 Å².